The molecule has 0 aliphatic heterocycles. The second-order valence-corrected chi connectivity index (χ2v) is 7.60. The van der Waals surface area contributed by atoms with Gasteiger partial charge in [0.15, 0.2) is 11.5 Å². The minimum Gasteiger partial charge on any atom is -0.347 e. The maximum Gasteiger partial charge on any atom is 0.420 e. The average Bonchev–Trinajstić information content (AvgIpc) is 3.11. The number of benzene rings is 1. The van der Waals surface area contributed by atoms with Gasteiger partial charge in [0.1, 0.15) is 11.6 Å². The second kappa shape index (κ2) is 8.93. The Labute approximate surface area is 180 Å². The summed E-state index contributed by atoms with van der Waals surface area (Å²) >= 11 is 5.82. The molecule has 7 nitrogen and oxygen atoms in total. The molecule has 0 aliphatic rings. The zero-order chi connectivity index (χ0) is 22.8. The molecule has 3 rings (SSSR count). The molecular formula is C20H19ClF3N5O2. The second-order valence-electron chi connectivity index (χ2n) is 7.16. The van der Waals surface area contributed by atoms with Gasteiger partial charge < -0.3 is 10.6 Å². The molecule has 0 unspecified atom stereocenters. The highest BCUT2D eigenvalue weighted by atomic mass is 35.5. The summed E-state index contributed by atoms with van der Waals surface area (Å²) in [5.74, 6) is -1.10. The van der Waals surface area contributed by atoms with E-state index in [4.69, 9.17) is 11.6 Å². The molecule has 0 fully saturated rings. The van der Waals surface area contributed by atoms with E-state index in [1.54, 1.807) is 44.2 Å². The van der Waals surface area contributed by atoms with E-state index in [-0.39, 0.29) is 23.3 Å². The van der Waals surface area contributed by atoms with Crippen LogP contribution in [0.4, 0.5) is 13.2 Å². The van der Waals surface area contributed by atoms with Gasteiger partial charge in [0.2, 0.25) is 5.91 Å². The van der Waals surface area contributed by atoms with Crippen LogP contribution in [-0.4, -0.2) is 32.5 Å². The molecule has 0 aliphatic carbocycles. The summed E-state index contributed by atoms with van der Waals surface area (Å²) in [6, 6.07) is 8.32. The fourth-order valence-corrected chi connectivity index (χ4v) is 3.17. The van der Waals surface area contributed by atoms with Crippen LogP contribution in [0, 0.1) is 5.92 Å². The first kappa shape index (κ1) is 22.5. The van der Waals surface area contributed by atoms with Crippen molar-refractivity contribution < 1.29 is 22.8 Å². The number of pyridine rings is 1. The number of carbonyl (C=O) groups excluding carboxylic acids is 2. The Balaban J connectivity index is 1.76. The third kappa shape index (κ3) is 5.13. The van der Waals surface area contributed by atoms with E-state index in [2.05, 4.69) is 20.8 Å². The van der Waals surface area contributed by atoms with E-state index in [0.29, 0.717) is 5.56 Å². The Morgan fingerprint density at radius 1 is 1.16 bits per heavy atom. The normalized spacial score (nSPS) is 12.7. The van der Waals surface area contributed by atoms with Gasteiger partial charge in [-0.2, -0.15) is 13.2 Å². The summed E-state index contributed by atoms with van der Waals surface area (Å²) in [4.78, 5) is 25.1. The molecule has 31 heavy (non-hydrogen) atoms. The number of carbonyl (C=O) groups is 2. The Hall–Kier alpha value is -3.14. The van der Waals surface area contributed by atoms with Gasteiger partial charge in [-0.15, -0.1) is 10.2 Å². The number of hydrogen-bond donors (Lipinski definition) is 2. The summed E-state index contributed by atoms with van der Waals surface area (Å²) in [7, 11) is 0. The first-order valence-corrected chi connectivity index (χ1v) is 9.69. The molecule has 2 amide bonds. The van der Waals surface area contributed by atoms with Gasteiger partial charge in [-0.3, -0.25) is 14.0 Å². The molecule has 2 heterocycles. The summed E-state index contributed by atoms with van der Waals surface area (Å²) in [6.07, 6.45) is -3.42. The fourth-order valence-electron chi connectivity index (χ4n) is 2.96. The Morgan fingerprint density at radius 2 is 1.84 bits per heavy atom. The lowest BCUT2D eigenvalue weighted by molar-refractivity contribution is -0.136. The molecule has 3 aromatic rings. The van der Waals surface area contributed by atoms with Gasteiger partial charge in [-0.1, -0.05) is 43.6 Å². The molecule has 0 bridgehead atoms. The van der Waals surface area contributed by atoms with Crippen LogP contribution < -0.4 is 10.6 Å². The fraction of sp³-hybridized carbons (Fsp3) is 0.300. The number of amides is 2. The van der Waals surface area contributed by atoms with Crippen molar-refractivity contribution in [1.29, 1.82) is 0 Å². The van der Waals surface area contributed by atoms with E-state index in [0.717, 1.165) is 10.5 Å². The number of nitrogens with one attached hydrogen (secondary N) is 2. The van der Waals surface area contributed by atoms with Crippen LogP contribution in [0.1, 0.15) is 35.6 Å². The summed E-state index contributed by atoms with van der Waals surface area (Å²) in [5.41, 5.74) is -1.04. The van der Waals surface area contributed by atoms with Crippen molar-refractivity contribution >= 4 is 29.1 Å². The third-order valence-electron chi connectivity index (χ3n) is 4.54. The highest BCUT2D eigenvalue weighted by molar-refractivity contribution is 6.30. The standard InChI is InChI=1S/C20H19ClF3N5O2/c1-11(2)16(26-18(30)12-6-4-3-5-7-12)19(31)25-9-15-27-28-17-14(20(22,23)24)8-13(21)10-29(15)17/h3-8,10-11,16H,9H2,1-2H3,(H,25,31)(H,26,30)/t16-/m0/s1. The van der Waals surface area contributed by atoms with E-state index in [9.17, 15) is 22.8 Å². The first-order valence-electron chi connectivity index (χ1n) is 9.32. The number of aromatic nitrogens is 3. The number of nitrogens with zero attached hydrogens (tertiary/aromatic N) is 3. The van der Waals surface area contributed by atoms with Gasteiger partial charge in [0.05, 0.1) is 11.6 Å². The van der Waals surface area contributed by atoms with Crippen molar-refractivity contribution in [3.63, 3.8) is 0 Å². The SMILES string of the molecule is CC(C)[C@H](NC(=O)c1ccccc1)C(=O)NCc1nnc2c(C(F)(F)F)cc(Cl)cn12. The molecule has 1 aromatic carbocycles. The van der Waals surface area contributed by atoms with E-state index in [1.165, 1.54) is 6.20 Å². The van der Waals surface area contributed by atoms with E-state index >= 15 is 0 Å². The molecule has 0 saturated heterocycles. The zero-order valence-corrected chi connectivity index (χ0v) is 17.3. The monoisotopic (exact) mass is 453 g/mol. The highest BCUT2D eigenvalue weighted by Gasteiger charge is 2.35. The van der Waals surface area contributed by atoms with Crippen molar-refractivity contribution in [2.75, 3.05) is 0 Å². The van der Waals surface area contributed by atoms with Crippen LogP contribution in [0.5, 0.6) is 0 Å². The average molecular weight is 454 g/mol. The van der Waals surface area contributed by atoms with Crippen LogP contribution in [0.2, 0.25) is 5.02 Å². The minimum absolute atomic E-state index is 0.0632. The molecule has 2 N–H and O–H groups in total. The molecule has 1 atom stereocenters. The van der Waals surface area contributed by atoms with Crippen molar-refractivity contribution in [3.8, 4) is 0 Å². The molecular weight excluding hydrogens is 435 g/mol. The first-order chi connectivity index (χ1) is 14.6. The number of halogens is 4. The van der Waals surface area contributed by atoms with Gasteiger partial charge in [-0.05, 0) is 24.1 Å². The number of fused-ring (bicyclic) bond motifs is 1. The topological polar surface area (TPSA) is 88.4 Å². The van der Waals surface area contributed by atoms with Crippen molar-refractivity contribution in [2.45, 2.75) is 32.6 Å². The number of alkyl halides is 3. The lowest BCUT2D eigenvalue weighted by atomic mass is 10.0. The lowest BCUT2D eigenvalue weighted by Crippen LogP contribution is -2.49. The largest absolute Gasteiger partial charge is 0.420 e. The van der Waals surface area contributed by atoms with Crippen LogP contribution in [0.3, 0.4) is 0 Å². The number of rotatable bonds is 6. The van der Waals surface area contributed by atoms with E-state index < -0.39 is 35.2 Å². The Morgan fingerprint density at radius 3 is 2.45 bits per heavy atom. The van der Waals surface area contributed by atoms with Crippen LogP contribution in [-0.2, 0) is 17.5 Å². The highest BCUT2D eigenvalue weighted by Crippen LogP contribution is 2.33. The lowest BCUT2D eigenvalue weighted by Gasteiger charge is -2.21. The van der Waals surface area contributed by atoms with Crippen LogP contribution >= 0.6 is 11.6 Å². The predicted molar refractivity (Wildman–Crippen MR) is 107 cm³/mol. The number of hydrogen-bond acceptors (Lipinski definition) is 4. The van der Waals surface area contributed by atoms with Crippen molar-refractivity contribution in [3.05, 3.63) is 64.6 Å². The Kier molecular flexibility index (Phi) is 6.49. The van der Waals surface area contributed by atoms with Gasteiger partial charge >= 0.3 is 6.18 Å². The Bertz CT molecular complexity index is 1100. The molecule has 0 saturated carbocycles. The minimum atomic E-state index is -4.66. The molecule has 0 spiro atoms. The quantitative estimate of drug-likeness (QED) is 0.598. The van der Waals surface area contributed by atoms with E-state index in [1.807, 2.05) is 0 Å². The maximum absolute atomic E-state index is 13.2. The van der Waals surface area contributed by atoms with Crippen molar-refractivity contribution in [2.24, 2.45) is 5.92 Å². The molecule has 164 valence electrons. The smallest absolute Gasteiger partial charge is 0.347 e. The molecule has 11 heteroatoms. The third-order valence-corrected chi connectivity index (χ3v) is 4.75. The predicted octanol–water partition coefficient (Wildman–Crippen LogP) is 3.47. The molecule has 0 radical (unpaired) electrons. The van der Waals surface area contributed by atoms with Crippen LogP contribution in [0.25, 0.3) is 5.65 Å². The summed E-state index contributed by atoms with van der Waals surface area (Å²) in [6.45, 7) is 3.32. The summed E-state index contributed by atoms with van der Waals surface area (Å²) < 4.78 is 40.8. The van der Waals surface area contributed by atoms with Crippen molar-refractivity contribution in [1.82, 2.24) is 25.2 Å². The van der Waals surface area contributed by atoms with Gasteiger partial charge in [-0.25, -0.2) is 0 Å². The zero-order valence-electron chi connectivity index (χ0n) is 16.6. The maximum atomic E-state index is 13.2. The van der Waals surface area contributed by atoms with Gasteiger partial charge in [0, 0.05) is 11.8 Å². The summed E-state index contributed by atoms with van der Waals surface area (Å²) in [5, 5.41) is 12.4. The molecule has 2 aromatic heterocycles. The van der Waals surface area contributed by atoms with Gasteiger partial charge in [0.25, 0.3) is 5.91 Å². The van der Waals surface area contributed by atoms with Crippen LogP contribution in [0.15, 0.2) is 42.6 Å².